The van der Waals surface area contributed by atoms with Crippen molar-refractivity contribution in [1.29, 1.82) is 0 Å². The molecule has 3 heteroatoms. The first-order chi connectivity index (χ1) is 14.2. The lowest BCUT2D eigenvalue weighted by Crippen LogP contribution is -2.67. The predicted octanol–water partition coefficient (Wildman–Crippen LogP) is 4.88. The van der Waals surface area contributed by atoms with Crippen LogP contribution in [0.25, 0.3) is 10.9 Å². The maximum Gasteiger partial charge on any atom is 0.131 e. The molecule has 0 amide bonds. The first-order valence-corrected chi connectivity index (χ1v) is 10.7. The van der Waals surface area contributed by atoms with Crippen LogP contribution in [0.1, 0.15) is 30.1 Å². The molecule has 148 valence electrons. The summed E-state index contributed by atoms with van der Waals surface area (Å²) in [5.74, 6) is 1.18. The van der Waals surface area contributed by atoms with Crippen molar-refractivity contribution in [3.05, 3.63) is 90.6 Å². The normalized spacial score (nSPS) is 29.6. The Bertz CT molecular complexity index is 1010. The smallest absolute Gasteiger partial charge is 0.131 e. The summed E-state index contributed by atoms with van der Waals surface area (Å²) in [6.07, 6.45) is 5.79. The van der Waals surface area contributed by atoms with Crippen LogP contribution in [0.5, 0.6) is 0 Å². The van der Waals surface area contributed by atoms with E-state index in [-0.39, 0.29) is 6.04 Å². The molecule has 3 aliphatic heterocycles. The maximum absolute atomic E-state index is 11.7. The van der Waals surface area contributed by atoms with Crippen LogP contribution in [0, 0.1) is 11.8 Å². The number of aliphatic hydroxyl groups is 1. The number of piperidine rings is 3. The van der Waals surface area contributed by atoms with Gasteiger partial charge in [0.25, 0.3) is 0 Å². The monoisotopic (exact) mass is 385 g/mol. The number of fused-ring (bicyclic) bond motifs is 4. The van der Waals surface area contributed by atoms with E-state index in [0.29, 0.717) is 11.8 Å². The van der Waals surface area contributed by atoms with Gasteiger partial charge in [-0.2, -0.15) is 0 Å². The molecule has 2 bridgehead atoms. The van der Waals surface area contributed by atoms with Crippen molar-refractivity contribution in [1.82, 2.24) is 4.98 Å². The Morgan fingerprint density at radius 2 is 1.90 bits per heavy atom. The summed E-state index contributed by atoms with van der Waals surface area (Å²) in [4.78, 5) is 4.50. The molecule has 3 saturated heterocycles. The quantitative estimate of drug-likeness (QED) is 0.502. The number of rotatable bonds is 5. The lowest BCUT2D eigenvalue weighted by molar-refractivity contribution is -0.984. The molecule has 3 aliphatic rings. The van der Waals surface area contributed by atoms with Gasteiger partial charge in [0.1, 0.15) is 18.7 Å². The third kappa shape index (κ3) is 3.19. The zero-order valence-electron chi connectivity index (χ0n) is 16.8. The molecule has 6 rings (SSSR count). The number of aliphatic hydroxyl groups excluding tert-OH is 1. The number of benzene rings is 2. The molecular weight excluding hydrogens is 356 g/mol. The van der Waals surface area contributed by atoms with Gasteiger partial charge in [-0.05, 0) is 23.6 Å². The van der Waals surface area contributed by atoms with Crippen molar-refractivity contribution in [2.75, 3.05) is 13.1 Å². The minimum absolute atomic E-state index is 0.205. The molecule has 3 fully saturated rings. The number of nitrogens with zero attached hydrogens (tertiary/aromatic N) is 2. The number of quaternary nitrogens is 1. The Balaban J connectivity index is 1.56. The van der Waals surface area contributed by atoms with Crippen LogP contribution in [-0.2, 0) is 6.54 Å². The molecular formula is C26H29N2O+. The number of hydrogen-bond donors (Lipinski definition) is 1. The average Bonchev–Trinajstić information content (AvgIpc) is 2.78. The Hall–Kier alpha value is -2.49. The molecule has 29 heavy (non-hydrogen) atoms. The van der Waals surface area contributed by atoms with E-state index < -0.39 is 6.10 Å². The van der Waals surface area contributed by atoms with Gasteiger partial charge in [-0.15, -0.1) is 6.58 Å². The lowest BCUT2D eigenvalue weighted by atomic mass is 9.71. The molecule has 2 aromatic carbocycles. The van der Waals surface area contributed by atoms with Gasteiger partial charge in [0.2, 0.25) is 0 Å². The van der Waals surface area contributed by atoms with E-state index in [4.69, 9.17) is 0 Å². The summed E-state index contributed by atoms with van der Waals surface area (Å²) in [5, 5.41) is 12.8. The summed E-state index contributed by atoms with van der Waals surface area (Å²) in [6.45, 7) is 7.32. The van der Waals surface area contributed by atoms with Gasteiger partial charge in [-0.1, -0.05) is 54.6 Å². The van der Waals surface area contributed by atoms with Crippen LogP contribution in [0.2, 0.25) is 0 Å². The van der Waals surface area contributed by atoms with Crippen LogP contribution in [0.3, 0.4) is 0 Å². The highest BCUT2D eigenvalue weighted by molar-refractivity contribution is 5.82. The second-order valence-corrected chi connectivity index (χ2v) is 8.88. The molecule has 3 nitrogen and oxygen atoms in total. The highest BCUT2D eigenvalue weighted by atomic mass is 16.3. The lowest BCUT2D eigenvalue weighted by Gasteiger charge is -2.58. The van der Waals surface area contributed by atoms with Crippen LogP contribution in [0.4, 0.5) is 0 Å². The molecule has 3 aromatic rings. The second-order valence-electron chi connectivity index (χ2n) is 8.88. The highest BCUT2D eigenvalue weighted by Gasteiger charge is 2.53. The number of pyridine rings is 1. The maximum atomic E-state index is 11.7. The van der Waals surface area contributed by atoms with Crippen molar-refractivity contribution >= 4 is 10.9 Å². The second kappa shape index (κ2) is 7.40. The topological polar surface area (TPSA) is 33.1 Å². The van der Waals surface area contributed by atoms with E-state index in [0.717, 1.165) is 47.0 Å². The van der Waals surface area contributed by atoms with E-state index >= 15 is 0 Å². The SMILES string of the molecule is C=C[C@H]1C[N+]2(Cc3ccccc3)CC[C@H]1C[C@@H]2[C@@H](O)c1ccnc2ccccc12. The third-order valence-electron chi connectivity index (χ3n) is 7.38. The van der Waals surface area contributed by atoms with E-state index in [1.54, 1.807) is 0 Å². The number of para-hydroxylation sites is 1. The standard InChI is InChI=1S/C26H29N2O/c1-2-20-18-28(17-19-8-4-3-5-9-19)15-13-21(20)16-25(28)26(29)23-12-14-27-24-11-7-6-10-22(23)24/h2-12,14,20-21,25-26,29H,1,13,15-18H2/q+1/t20-,21-,25+,26-,28?/m0/s1. The van der Waals surface area contributed by atoms with Gasteiger partial charge >= 0.3 is 0 Å². The summed E-state index contributed by atoms with van der Waals surface area (Å²) in [7, 11) is 0. The van der Waals surface area contributed by atoms with Gasteiger partial charge in [0.15, 0.2) is 0 Å². The predicted molar refractivity (Wildman–Crippen MR) is 117 cm³/mol. The van der Waals surface area contributed by atoms with E-state index in [2.05, 4.69) is 54.0 Å². The summed E-state index contributed by atoms with van der Waals surface area (Å²) < 4.78 is 0.953. The van der Waals surface area contributed by atoms with Crippen LogP contribution >= 0.6 is 0 Å². The molecule has 0 aliphatic carbocycles. The number of aromatic nitrogens is 1. The fourth-order valence-electron chi connectivity index (χ4n) is 5.91. The van der Waals surface area contributed by atoms with Crippen molar-refractivity contribution in [3.8, 4) is 0 Å². The van der Waals surface area contributed by atoms with Gasteiger partial charge in [0.05, 0.1) is 18.6 Å². The Labute approximate surface area is 172 Å². The molecule has 4 heterocycles. The fourth-order valence-corrected chi connectivity index (χ4v) is 5.91. The van der Waals surface area contributed by atoms with Gasteiger partial charge in [-0.3, -0.25) is 4.98 Å². The Morgan fingerprint density at radius 3 is 2.72 bits per heavy atom. The van der Waals surface area contributed by atoms with Gasteiger partial charge < -0.3 is 9.59 Å². The van der Waals surface area contributed by atoms with Crippen molar-refractivity contribution in [3.63, 3.8) is 0 Å². The Kier molecular flexibility index (Phi) is 4.73. The molecule has 5 atom stereocenters. The Morgan fingerprint density at radius 1 is 1.10 bits per heavy atom. The highest BCUT2D eigenvalue weighted by Crippen LogP contribution is 2.47. The van der Waals surface area contributed by atoms with E-state index in [9.17, 15) is 5.11 Å². The summed E-state index contributed by atoms with van der Waals surface area (Å²) in [5.41, 5.74) is 3.33. The molecule has 0 radical (unpaired) electrons. The van der Waals surface area contributed by atoms with Crippen LogP contribution < -0.4 is 0 Å². The molecule has 0 spiro atoms. The van der Waals surface area contributed by atoms with Crippen molar-refractivity contribution in [2.45, 2.75) is 31.5 Å². The molecule has 1 aromatic heterocycles. The van der Waals surface area contributed by atoms with E-state index in [1.165, 1.54) is 12.0 Å². The summed E-state index contributed by atoms with van der Waals surface area (Å²) >= 11 is 0. The first-order valence-electron chi connectivity index (χ1n) is 10.7. The first kappa shape index (κ1) is 18.5. The number of hydrogen-bond acceptors (Lipinski definition) is 2. The van der Waals surface area contributed by atoms with Gasteiger partial charge in [0, 0.05) is 35.9 Å². The minimum atomic E-state index is -0.486. The fraction of sp³-hybridized carbons (Fsp3) is 0.346. The molecule has 1 N–H and O–H groups in total. The van der Waals surface area contributed by atoms with E-state index in [1.807, 2.05) is 30.5 Å². The summed E-state index contributed by atoms with van der Waals surface area (Å²) in [6, 6.07) is 21.2. The third-order valence-corrected chi connectivity index (χ3v) is 7.38. The zero-order chi connectivity index (χ0) is 19.8. The van der Waals surface area contributed by atoms with Crippen LogP contribution in [-0.4, -0.2) is 33.7 Å². The largest absolute Gasteiger partial charge is 0.382 e. The average molecular weight is 386 g/mol. The van der Waals surface area contributed by atoms with Gasteiger partial charge in [-0.25, -0.2) is 0 Å². The van der Waals surface area contributed by atoms with Crippen molar-refractivity contribution < 1.29 is 9.59 Å². The molecule has 1 unspecified atom stereocenters. The zero-order valence-corrected chi connectivity index (χ0v) is 16.8. The van der Waals surface area contributed by atoms with Crippen molar-refractivity contribution in [2.24, 2.45) is 11.8 Å². The molecule has 0 saturated carbocycles. The van der Waals surface area contributed by atoms with Crippen LogP contribution in [0.15, 0.2) is 79.5 Å². The minimum Gasteiger partial charge on any atom is -0.382 e.